The standard InChI is InChI=1S/C23H23N3/c1-2-5-18(6-3-1)23-22(17-8-11-24-12-9-17)21(16-25-23)19-10-14-26-13-4-7-20(26)15-19/h1-3,5-6,8-12,16,20,25H,4,7,13-15H2. The van der Waals surface area contributed by atoms with E-state index in [2.05, 4.69) is 69.6 Å². The molecule has 1 atom stereocenters. The van der Waals surface area contributed by atoms with Gasteiger partial charge >= 0.3 is 0 Å². The van der Waals surface area contributed by atoms with E-state index in [9.17, 15) is 0 Å². The van der Waals surface area contributed by atoms with Crippen LogP contribution in [0.2, 0.25) is 0 Å². The molecule has 0 bridgehead atoms. The summed E-state index contributed by atoms with van der Waals surface area (Å²) in [5, 5.41) is 0. The van der Waals surface area contributed by atoms with Crippen LogP contribution < -0.4 is 0 Å². The maximum absolute atomic E-state index is 4.21. The quantitative estimate of drug-likeness (QED) is 0.727. The Morgan fingerprint density at radius 1 is 1.00 bits per heavy atom. The molecule has 5 rings (SSSR count). The Morgan fingerprint density at radius 3 is 2.69 bits per heavy atom. The van der Waals surface area contributed by atoms with Crippen LogP contribution >= 0.6 is 0 Å². The molecule has 1 N–H and O–H groups in total. The van der Waals surface area contributed by atoms with Gasteiger partial charge in [0, 0.05) is 42.3 Å². The number of benzene rings is 1. The molecule has 3 nitrogen and oxygen atoms in total. The zero-order chi connectivity index (χ0) is 17.3. The maximum Gasteiger partial charge on any atom is 0.0539 e. The highest BCUT2D eigenvalue weighted by atomic mass is 15.2. The molecule has 2 aliphatic heterocycles. The third-order valence-electron chi connectivity index (χ3n) is 5.78. The minimum Gasteiger partial charge on any atom is -0.360 e. The fraction of sp³-hybridized carbons (Fsp3) is 0.261. The molecule has 0 aliphatic carbocycles. The molecule has 2 aromatic heterocycles. The topological polar surface area (TPSA) is 31.9 Å². The van der Waals surface area contributed by atoms with Gasteiger partial charge in [-0.2, -0.15) is 0 Å². The predicted molar refractivity (Wildman–Crippen MR) is 107 cm³/mol. The molecule has 26 heavy (non-hydrogen) atoms. The van der Waals surface area contributed by atoms with Crippen LogP contribution in [0.15, 0.2) is 67.1 Å². The largest absolute Gasteiger partial charge is 0.360 e. The van der Waals surface area contributed by atoms with Crippen LogP contribution in [0.3, 0.4) is 0 Å². The van der Waals surface area contributed by atoms with Gasteiger partial charge in [0.15, 0.2) is 0 Å². The highest BCUT2D eigenvalue weighted by Crippen LogP contribution is 2.41. The van der Waals surface area contributed by atoms with Gasteiger partial charge in [-0.15, -0.1) is 0 Å². The third-order valence-corrected chi connectivity index (χ3v) is 5.78. The van der Waals surface area contributed by atoms with Gasteiger partial charge in [0.1, 0.15) is 0 Å². The van der Waals surface area contributed by atoms with Crippen LogP contribution in [0.4, 0.5) is 0 Å². The van der Waals surface area contributed by atoms with E-state index in [0.717, 1.165) is 19.0 Å². The maximum atomic E-state index is 4.21. The molecule has 3 aromatic rings. The summed E-state index contributed by atoms with van der Waals surface area (Å²) < 4.78 is 0. The average Bonchev–Trinajstić information content (AvgIpc) is 3.35. The number of H-pyrrole nitrogens is 1. The number of pyridine rings is 1. The van der Waals surface area contributed by atoms with E-state index in [1.165, 1.54) is 52.9 Å². The van der Waals surface area contributed by atoms with Gasteiger partial charge in [-0.25, -0.2) is 0 Å². The molecule has 1 fully saturated rings. The fourth-order valence-electron chi connectivity index (χ4n) is 4.48. The number of hydrogen-bond donors (Lipinski definition) is 1. The summed E-state index contributed by atoms with van der Waals surface area (Å²) in [6.45, 7) is 2.34. The van der Waals surface area contributed by atoms with Crippen LogP contribution in [-0.2, 0) is 0 Å². The van der Waals surface area contributed by atoms with Crippen molar-refractivity contribution in [1.82, 2.24) is 14.9 Å². The number of nitrogens with one attached hydrogen (secondary N) is 1. The lowest BCUT2D eigenvalue weighted by molar-refractivity contribution is 0.275. The van der Waals surface area contributed by atoms with Gasteiger partial charge in [-0.05, 0) is 54.6 Å². The first-order chi connectivity index (χ1) is 12.9. The Labute approximate surface area is 154 Å². The number of nitrogens with zero attached hydrogens (tertiary/aromatic N) is 2. The monoisotopic (exact) mass is 341 g/mol. The fourth-order valence-corrected chi connectivity index (χ4v) is 4.48. The molecule has 1 unspecified atom stereocenters. The lowest BCUT2D eigenvalue weighted by Crippen LogP contribution is -2.32. The summed E-state index contributed by atoms with van der Waals surface area (Å²) in [6.07, 6.45) is 12.2. The summed E-state index contributed by atoms with van der Waals surface area (Å²) in [7, 11) is 0. The SMILES string of the molecule is C1=C(c2c[nH]c(-c3ccccc3)c2-c2ccncc2)CC2CCCN2C1. The van der Waals surface area contributed by atoms with E-state index in [0.29, 0.717) is 0 Å². The minimum absolute atomic E-state index is 0.718. The molecule has 1 saturated heterocycles. The normalized spacial score (nSPS) is 20.0. The van der Waals surface area contributed by atoms with Crippen LogP contribution in [-0.4, -0.2) is 34.0 Å². The van der Waals surface area contributed by atoms with Gasteiger partial charge in [0.25, 0.3) is 0 Å². The summed E-state index contributed by atoms with van der Waals surface area (Å²) >= 11 is 0. The minimum atomic E-state index is 0.718. The zero-order valence-electron chi connectivity index (χ0n) is 14.9. The van der Waals surface area contributed by atoms with Crippen molar-refractivity contribution in [3.8, 4) is 22.4 Å². The average molecular weight is 341 g/mol. The second-order valence-electron chi connectivity index (χ2n) is 7.28. The van der Waals surface area contributed by atoms with E-state index in [-0.39, 0.29) is 0 Å². The molecule has 0 radical (unpaired) electrons. The van der Waals surface area contributed by atoms with Gasteiger partial charge in [-0.1, -0.05) is 36.4 Å². The molecule has 4 heterocycles. The van der Waals surface area contributed by atoms with Crippen LogP contribution in [0, 0.1) is 0 Å². The van der Waals surface area contributed by atoms with Crippen LogP contribution in [0.5, 0.6) is 0 Å². The summed E-state index contributed by atoms with van der Waals surface area (Å²) in [5.74, 6) is 0. The molecule has 1 aromatic carbocycles. The van der Waals surface area contributed by atoms with Crippen molar-refractivity contribution < 1.29 is 0 Å². The van der Waals surface area contributed by atoms with Crippen molar-refractivity contribution >= 4 is 5.57 Å². The molecular formula is C23H23N3. The lowest BCUT2D eigenvalue weighted by atomic mass is 9.89. The van der Waals surface area contributed by atoms with Crippen molar-refractivity contribution in [2.75, 3.05) is 13.1 Å². The molecule has 3 heteroatoms. The second-order valence-corrected chi connectivity index (χ2v) is 7.28. The number of aromatic nitrogens is 2. The third kappa shape index (κ3) is 2.69. The number of aromatic amines is 1. The van der Waals surface area contributed by atoms with E-state index in [1.54, 1.807) is 0 Å². The van der Waals surface area contributed by atoms with Crippen LogP contribution in [0.1, 0.15) is 24.8 Å². The van der Waals surface area contributed by atoms with E-state index in [4.69, 9.17) is 0 Å². The Bertz CT molecular complexity index is 925. The Morgan fingerprint density at radius 2 is 1.85 bits per heavy atom. The first kappa shape index (κ1) is 15.6. The smallest absolute Gasteiger partial charge is 0.0539 e. The first-order valence-corrected chi connectivity index (χ1v) is 9.51. The van der Waals surface area contributed by atoms with Crippen LogP contribution in [0.25, 0.3) is 28.0 Å². The van der Waals surface area contributed by atoms with Gasteiger partial charge in [0.05, 0.1) is 5.69 Å². The van der Waals surface area contributed by atoms with E-state index < -0.39 is 0 Å². The molecule has 0 spiro atoms. The van der Waals surface area contributed by atoms with Gasteiger partial charge < -0.3 is 4.98 Å². The summed E-state index contributed by atoms with van der Waals surface area (Å²) in [6, 6.07) is 15.6. The molecular weight excluding hydrogens is 318 g/mol. The Kier molecular flexibility index (Phi) is 3.95. The van der Waals surface area contributed by atoms with Gasteiger partial charge in [-0.3, -0.25) is 9.88 Å². The summed E-state index contributed by atoms with van der Waals surface area (Å²) in [5.41, 5.74) is 7.78. The molecule has 130 valence electrons. The second kappa shape index (κ2) is 6.58. The Hall–Kier alpha value is -2.65. The molecule has 0 saturated carbocycles. The number of rotatable bonds is 3. The van der Waals surface area contributed by atoms with Crippen molar-refractivity contribution in [3.05, 3.63) is 72.7 Å². The molecule has 0 amide bonds. The van der Waals surface area contributed by atoms with Gasteiger partial charge in [0.2, 0.25) is 0 Å². The summed E-state index contributed by atoms with van der Waals surface area (Å²) in [4.78, 5) is 10.4. The number of fused-ring (bicyclic) bond motifs is 1. The first-order valence-electron chi connectivity index (χ1n) is 9.51. The van der Waals surface area contributed by atoms with Crippen molar-refractivity contribution in [3.63, 3.8) is 0 Å². The Balaban J connectivity index is 1.63. The lowest BCUT2D eigenvalue weighted by Gasteiger charge is -2.29. The molecule has 2 aliphatic rings. The number of hydrogen-bond acceptors (Lipinski definition) is 2. The zero-order valence-corrected chi connectivity index (χ0v) is 14.9. The van der Waals surface area contributed by atoms with Crippen molar-refractivity contribution in [2.45, 2.75) is 25.3 Å². The van der Waals surface area contributed by atoms with Crippen molar-refractivity contribution in [2.24, 2.45) is 0 Å². The predicted octanol–water partition coefficient (Wildman–Crippen LogP) is 5.00. The van der Waals surface area contributed by atoms with E-state index >= 15 is 0 Å². The van der Waals surface area contributed by atoms with Crippen molar-refractivity contribution in [1.29, 1.82) is 0 Å². The highest BCUT2D eigenvalue weighted by molar-refractivity contribution is 5.91. The van der Waals surface area contributed by atoms with E-state index in [1.807, 2.05) is 12.4 Å². The highest BCUT2D eigenvalue weighted by Gasteiger charge is 2.29.